The summed E-state index contributed by atoms with van der Waals surface area (Å²) in [5, 5.41) is 3.24. The zero-order valence-corrected chi connectivity index (χ0v) is 10.5. The summed E-state index contributed by atoms with van der Waals surface area (Å²) in [6.07, 6.45) is 2.27. The SMILES string of the molecule is CCOC(=O)CNC1CCOC(C(C)C)C1. The predicted octanol–water partition coefficient (Wildman–Crippen LogP) is 1.34. The molecule has 0 aromatic heterocycles. The molecule has 0 saturated carbocycles. The maximum atomic E-state index is 11.2. The van der Waals surface area contributed by atoms with Crippen LogP contribution >= 0.6 is 0 Å². The highest BCUT2D eigenvalue weighted by Crippen LogP contribution is 2.19. The Bertz CT molecular complexity index is 218. The number of esters is 1. The van der Waals surface area contributed by atoms with Crippen molar-refractivity contribution >= 4 is 5.97 Å². The maximum Gasteiger partial charge on any atom is 0.319 e. The standard InChI is InChI=1S/C12H23NO3/c1-4-15-12(14)8-13-10-5-6-16-11(7-10)9(2)3/h9-11,13H,4-8H2,1-3H3. The summed E-state index contributed by atoms with van der Waals surface area (Å²) in [6, 6.07) is 0.380. The first-order chi connectivity index (χ1) is 7.63. The monoisotopic (exact) mass is 229 g/mol. The van der Waals surface area contributed by atoms with E-state index in [0.717, 1.165) is 19.4 Å². The van der Waals surface area contributed by atoms with Crippen molar-refractivity contribution in [3.05, 3.63) is 0 Å². The van der Waals surface area contributed by atoms with Crippen molar-refractivity contribution in [1.29, 1.82) is 0 Å². The number of ether oxygens (including phenoxy) is 2. The van der Waals surface area contributed by atoms with Gasteiger partial charge in [-0.25, -0.2) is 0 Å². The quantitative estimate of drug-likeness (QED) is 0.723. The minimum absolute atomic E-state index is 0.171. The van der Waals surface area contributed by atoms with E-state index in [1.807, 2.05) is 6.92 Å². The lowest BCUT2D eigenvalue weighted by Gasteiger charge is -2.32. The molecule has 1 fully saturated rings. The van der Waals surface area contributed by atoms with E-state index in [-0.39, 0.29) is 5.97 Å². The average molecular weight is 229 g/mol. The van der Waals surface area contributed by atoms with Gasteiger partial charge in [-0.05, 0) is 25.7 Å². The zero-order valence-electron chi connectivity index (χ0n) is 10.5. The fraction of sp³-hybridized carbons (Fsp3) is 0.917. The highest BCUT2D eigenvalue weighted by Gasteiger charge is 2.24. The third-order valence-corrected chi connectivity index (χ3v) is 2.90. The zero-order chi connectivity index (χ0) is 12.0. The minimum atomic E-state index is -0.171. The van der Waals surface area contributed by atoms with E-state index in [1.165, 1.54) is 0 Å². The lowest BCUT2D eigenvalue weighted by molar-refractivity contribution is -0.142. The Balaban J connectivity index is 2.24. The topological polar surface area (TPSA) is 47.6 Å². The Morgan fingerprint density at radius 1 is 1.56 bits per heavy atom. The molecule has 1 aliphatic heterocycles. The van der Waals surface area contributed by atoms with Gasteiger partial charge < -0.3 is 14.8 Å². The first kappa shape index (κ1) is 13.5. The van der Waals surface area contributed by atoms with Gasteiger partial charge in [0.1, 0.15) is 0 Å². The van der Waals surface area contributed by atoms with Gasteiger partial charge in [-0.2, -0.15) is 0 Å². The van der Waals surface area contributed by atoms with Crippen molar-refractivity contribution in [3.63, 3.8) is 0 Å². The van der Waals surface area contributed by atoms with Gasteiger partial charge in [0.15, 0.2) is 0 Å². The summed E-state index contributed by atoms with van der Waals surface area (Å²) in [5.41, 5.74) is 0. The Morgan fingerprint density at radius 2 is 2.31 bits per heavy atom. The molecule has 4 nitrogen and oxygen atoms in total. The summed E-state index contributed by atoms with van der Waals surface area (Å²) < 4.78 is 10.5. The molecule has 1 heterocycles. The van der Waals surface area contributed by atoms with Crippen LogP contribution in [0.5, 0.6) is 0 Å². The summed E-state index contributed by atoms with van der Waals surface area (Å²) in [4.78, 5) is 11.2. The van der Waals surface area contributed by atoms with E-state index in [1.54, 1.807) is 0 Å². The number of nitrogens with one attached hydrogen (secondary N) is 1. The second kappa shape index (κ2) is 6.86. The van der Waals surface area contributed by atoms with Crippen molar-refractivity contribution in [2.75, 3.05) is 19.8 Å². The van der Waals surface area contributed by atoms with Gasteiger partial charge in [0, 0.05) is 12.6 Å². The molecule has 0 aromatic rings. The summed E-state index contributed by atoms with van der Waals surface area (Å²) in [7, 11) is 0. The predicted molar refractivity (Wildman–Crippen MR) is 62.2 cm³/mol. The highest BCUT2D eigenvalue weighted by molar-refractivity contribution is 5.71. The van der Waals surface area contributed by atoms with Gasteiger partial charge in [0.05, 0.1) is 19.3 Å². The molecule has 1 rings (SSSR count). The van der Waals surface area contributed by atoms with Gasteiger partial charge in [0.25, 0.3) is 0 Å². The molecule has 1 N–H and O–H groups in total. The molecule has 0 radical (unpaired) electrons. The molecule has 4 heteroatoms. The molecule has 0 aliphatic carbocycles. The van der Waals surface area contributed by atoms with Gasteiger partial charge in [-0.3, -0.25) is 4.79 Å². The molecular formula is C12H23NO3. The Kier molecular flexibility index (Phi) is 5.77. The molecule has 0 spiro atoms. The number of carbonyl (C=O) groups is 1. The second-order valence-electron chi connectivity index (χ2n) is 4.56. The fourth-order valence-electron chi connectivity index (χ4n) is 1.92. The van der Waals surface area contributed by atoms with Crippen LogP contribution in [-0.2, 0) is 14.3 Å². The molecule has 16 heavy (non-hydrogen) atoms. The van der Waals surface area contributed by atoms with Crippen LogP contribution in [0.15, 0.2) is 0 Å². The van der Waals surface area contributed by atoms with Crippen LogP contribution < -0.4 is 5.32 Å². The second-order valence-corrected chi connectivity index (χ2v) is 4.56. The summed E-state index contributed by atoms with van der Waals surface area (Å²) >= 11 is 0. The van der Waals surface area contributed by atoms with Gasteiger partial charge in [-0.1, -0.05) is 13.8 Å². The molecule has 0 aromatic carbocycles. The molecule has 1 aliphatic rings. The van der Waals surface area contributed by atoms with Crippen LogP contribution in [0.1, 0.15) is 33.6 Å². The molecule has 0 amide bonds. The summed E-state index contributed by atoms with van der Waals surface area (Å²) in [5.74, 6) is 0.363. The van der Waals surface area contributed by atoms with Crippen LogP contribution in [-0.4, -0.2) is 37.9 Å². The lowest BCUT2D eigenvalue weighted by atomic mass is 9.95. The molecular weight excluding hydrogens is 206 g/mol. The van der Waals surface area contributed by atoms with Gasteiger partial charge in [-0.15, -0.1) is 0 Å². The third kappa shape index (κ3) is 4.49. The smallest absolute Gasteiger partial charge is 0.319 e. The average Bonchev–Trinajstić information content (AvgIpc) is 2.27. The van der Waals surface area contributed by atoms with E-state index in [9.17, 15) is 4.79 Å². The van der Waals surface area contributed by atoms with Crippen LogP contribution in [0.2, 0.25) is 0 Å². The minimum Gasteiger partial charge on any atom is -0.465 e. The van der Waals surface area contributed by atoms with E-state index in [0.29, 0.717) is 31.2 Å². The Hall–Kier alpha value is -0.610. The molecule has 2 unspecified atom stereocenters. The largest absolute Gasteiger partial charge is 0.465 e. The van der Waals surface area contributed by atoms with Crippen LogP contribution in [0.4, 0.5) is 0 Å². The number of hydrogen-bond acceptors (Lipinski definition) is 4. The first-order valence-electron chi connectivity index (χ1n) is 6.14. The molecule has 94 valence electrons. The van der Waals surface area contributed by atoms with E-state index < -0.39 is 0 Å². The molecule has 0 bridgehead atoms. The van der Waals surface area contributed by atoms with E-state index in [2.05, 4.69) is 19.2 Å². The van der Waals surface area contributed by atoms with Crippen molar-refractivity contribution in [2.45, 2.75) is 45.8 Å². The van der Waals surface area contributed by atoms with Crippen molar-refractivity contribution in [2.24, 2.45) is 5.92 Å². The van der Waals surface area contributed by atoms with Crippen LogP contribution in [0.3, 0.4) is 0 Å². The van der Waals surface area contributed by atoms with Crippen LogP contribution in [0.25, 0.3) is 0 Å². The Labute approximate surface area is 97.7 Å². The van der Waals surface area contributed by atoms with Crippen molar-refractivity contribution in [3.8, 4) is 0 Å². The fourth-order valence-corrected chi connectivity index (χ4v) is 1.92. The maximum absolute atomic E-state index is 11.2. The van der Waals surface area contributed by atoms with Gasteiger partial charge in [0.2, 0.25) is 0 Å². The van der Waals surface area contributed by atoms with Crippen LogP contribution in [0, 0.1) is 5.92 Å². The summed E-state index contributed by atoms with van der Waals surface area (Å²) in [6.45, 7) is 7.69. The van der Waals surface area contributed by atoms with Gasteiger partial charge >= 0.3 is 5.97 Å². The number of rotatable bonds is 5. The highest BCUT2D eigenvalue weighted by atomic mass is 16.5. The third-order valence-electron chi connectivity index (χ3n) is 2.90. The Morgan fingerprint density at radius 3 is 2.94 bits per heavy atom. The normalized spacial score (nSPS) is 25.8. The van der Waals surface area contributed by atoms with Crippen molar-refractivity contribution < 1.29 is 14.3 Å². The van der Waals surface area contributed by atoms with E-state index >= 15 is 0 Å². The number of hydrogen-bond donors (Lipinski definition) is 1. The first-order valence-corrected chi connectivity index (χ1v) is 6.14. The van der Waals surface area contributed by atoms with E-state index in [4.69, 9.17) is 9.47 Å². The number of carbonyl (C=O) groups excluding carboxylic acids is 1. The lowest BCUT2D eigenvalue weighted by Crippen LogP contribution is -2.42. The van der Waals surface area contributed by atoms with Crippen molar-refractivity contribution in [1.82, 2.24) is 5.32 Å². The molecule has 2 atom stereocenters. The molecule has 1 saturated heterocycles.